The molecule has 3 amide bonds. The Morgan fingerprint density at radius 1 is 1.39 bits per heavy atom. The van der Waals surface area contributed by atoms with Crippen LogP contribution >= 0.6 is 0 Å². The highest BCUT2D eigenvalue weighted by atomic mass is 16.3. The van der Waals surface area contributed by atoms with E-state index in [4.69, 9.17) is 0 Å². The molecule has 2 aromatic rings. The standard InChI is InChI=1S/C17H22N8O3/c1-8(2)19-16(27)23-12-6-13(20-10-3-4-10)25-14(22-12)9(7-18-25)5-11-15(26)24-17(28)21-11/h5-8,10,17,20-21,28H,3-4H2,1-2H3,(H,24,26)(H2,19,22,23,27)/b11-5-. The van der Waals surface area contributed by atoms with Crippen LogP contribution in [-0.2, 0) is 4.79 Å². The normalized spacial score (nSPS) is 20.4. The number of hydrogen-bond acceptors (Lipinski definition) is 7. The highest BCUT2D eigenvalue weighted by Crippen LogP contribution is 2.27. The van der Waals surface area contributed by atoms with Crippen molar-refractivity contribution in [3.8, 4) is 0 Å². The van der Waals surface area contributed by atoms with Crippen LogP contribution in [0.15, 0.2) is 18.0 Å². The molecule has 0 spiro atoms. The zero-order chi connectivity index (χ0) is 19.8. The Morgan fingerprint density at radius 2 is 2.18 bits per heavy atom. The number of hydrogen-bond donors (Lipinski definition) is 6. The summed E-state index contributed by atoms with van der Waals surface area (Å²) in [5.41, 5.74) is 1.24. The number of aliphatic hydroxyl groups excluding tert-OH is 1. The van der Waals surface area contributed by atoms with Gasteiger partial charge in [0.25, 0.3) is 5.91 Å². The van der Waals surface area contributed by atoms with Crippen LogP contribution in [0.5, 0.6) is 0 Å². The molecule has 148 valence electrons. The van der Waals surface area contributed by atoms with Gasteiger partial charge in [0, 0.05) is 23.7 Å². The summed E-state index contributed by atoms with van der Waals surface area (Å²) >= 11 is 0. The summed E-state index contributed by atoms with van der Waals surface area (Å²) in [6.07, 6.45) is 4.14. The van der Waals surface area contributed by atoms with Crippen molar-refractivity contribution < 1.29 is 14.7 Å². The number of urea groups is 1. The summed E-state index contributed by atoms with van der Waals surface area (Å²) in [6.45, 7) is 3.73. The smallest absolute Gasteiger partial charge is 0.320 e. The van der Waals surface area contributed by atoms with Crippen LogP contribution in [0.3, 0.4) is 0 Å². The van der Waals surface area contributed by atoms with Crippen molar-refractivity contribution in [2.45, 2.75) is 45.1 Å². The maximum absolute atomic E-state index is 12.1. The fourth-order valence-electron chi connectivity index (χ4n) is 2.81. The molecule has 2 aliphatic rings. The van der Waals surface area contributed by atoms with Gasteiger partial charge in [0.15, 0.2) is 5.65 Å². The van der Waals surface area contributed by atoms with Gasteiger partial charge in [0.2, 0.25) is 6.35 Å². The maximum Gasteiger partial charge on any atom is 0.320 e. The first-order valence-corrected chi connectivity index (χ1v) is 9.09. The first kappa shape index (κ1) is 18.0. The van der Waals surface area contributed by atoms with Gasteiger partial charge in [-0.2, -0.15) is 9.61 Å². The number of carbonyl (C=O) groups is 2. The fourth-order valence-corrected chi connectivity index (χ4v) is 2.81. The van der Waals surface area contributed by atoms with Gasteiger partial charge in [0.05, 0.1) is 6.20 Å². The molecular weight excluding hydrogens is 364 g/mol. The highest BCUT2D eigenvalue weighted by Gasteiger charge is 2.25. The predicted molar refractivity (Wildman–Crippen MR) is 102 cm³/mol. The molecule has 0 bridgehead atoms. The number of aliphatic hydroxyl groups is 1. The zero-order valence-corrected chi connectivity index (χ0v) is 15.5. The van der Waals surface area contributed by atoms with Crippen molar-refractivity contribution in [2.24, 2.45) is 0 Å². The molecule has 11 heteroatoms. The molecule has 2 aromatic heterocycles. The number of amides is 3. The van der Waals surface area contributed by atoms with E-state index in [-0.39, 0.29) is 17.8 Å². The van der Waals surface area contributed by atoms with Crippen LogP contribution in [0.25, 0.3) is 11.7 Å². The number of anilines is 2. The molecule has 1 saturated carbocycles. The van der Waals surface area contributed by atoms with Gasteiger partial charge in [-0.25, -0.2) is 9.78 Å². The third-order valence-corrected chi connectivity index (χ3v) is 4.19. The Hall–Kier alpha value is -3.34. The van der Waals surface area contributed by atoms with E-state index in [1.54, 1.807) is 22.9 Å². The average Bonchev–Trinajstić information content (AvgIpc) is 3.23. The third kappa shape index (κ3) is 3.83. The second kappa shape index (κ2) is 7.00. The minimum Gasteiger partial charge on any atom is -0.367 e. The van der Waals surface area contributed by atoms with Crippen molar-refractivity contribution in [2.75, 3.05) is 10.6 Å². The summed E-state index contributed by atoms with van der Waals surface area (Å²) in [7, 11) is 0. The molecule has 3 heterocycles. The molecule has 2 fully saturated rings. The Labute approximate surface area is 160 Å². The summed E-state index contributed by atoms with van der Waals surface area (Å²) in [4.78, 5) is 28.4. The monoisotopic (exact) mass is 386 g/mol. The molecule has 1 atom stereocenters. The topological polar surface area (TPSA) is 145 Å². The van der Waals surface area contributed by atoms with Gasteiger partial charge < -0.3 is 26.4 Å². The lowest BCUT2D eigenvalue weighted by Crippen LogP contribution is -2.34. The lowest BCUT2D eigenvalue weighted by atomic mass is 10.2. The van der Waals surface area contributed by atoms with Gasteiger partial charge in [0.1, 0.15) is 17.3 Å². The predicted octanol–water partition coefficient (Wildman–Crippen LogP) is 0.170. The number of rotatable bonds is 5. The molecule has 4 rings (SSSR count). The van der Waals surface area contributed by atoms with Crippen molar-refractivity contribution in [1.82, 2.24) is 30.5 Å². The first-order valence-electron chi connectivity index (χ1n) is 9.09. The van der Waals surface area contributed by atoms with Gasteiger partial charge in [-0.3, -0.25) is 10.1 Å². The minimum atomic E-state index is -1.13. The van der Waals surface area contributed by atoms with Crippen molar-refractivity contribution in [1.29, 1.82) is 0 Å². The molecule has 6 N–H and O–H groups in total. The van der Waals surface area contributed by atoms with E-state index in [9.17, 15) is 14.7 Å². The number of nitrogens with one attached hydrogen (secondary N) is 5. The number of fused-ring (bicyclic) bond motifs is 1. The van der Waals surface area contributed by atoms with Crippen LogP contribution in [0.4, 0.5) is 16.4 Å². The lowest BCUT2D eigenvalue weighted by molar-refractivity contribution is -0.117. The molecule has 0 aromatic carbocycles. The molecule has 1 aliphatic heterocycles. The van der Waals surface area contributed by atoms with Gasteiger partial charge in [-0.15, -0.1) is 0 Å². The number of aromatic nitrogens is 3. The second-order valence-corrected chi connectivity index (χ2v) is 7.11. The van der Waals surface area contributed by atoms with Crippen LogP contribution in [-0.4, -0.2) is 50.1 Å². The summed E-state index contributed by atoms with van der Waals surface area (Å²) < 4.78 is 1.62. The molecule has 1 unspecified atom stereocenters. The fraction of sp³-hybridized carbons (Fsp3) is 0.412. The van der Waals surface area contributed by atoms with Crippen LogP contribution in [0.1, 0.15) is 32.3 Å². The Kier molecular flexibility index (Phi) is 4.51. The van der Waals surface area contributed by atoms with E-state index in [0.29, 0.717) is 28.9 Å². The van der Waals surface area contributed by atoms with Gasteiger partial charge in [-0.05, 0) is 32.8 Å². The molecule has 28 heavy (non-hydrogen) atoms. The van der Waals surface area contributed by atoms with E-state index >= 15 is 0 Å². The van der Waals surface area contributed by atoms with Crippen LogP contribution < -0.4 is 26.6 Å². The largest absolute Gasteiger partial charge is 0.367 e. The Morgan fingerprint density at radius 3 is 2.82 bits per heavy atom. The van der Waals surface area contributed by atoms with Crippen molar-refractivity contribution in [3.05, 3.63) is 23.5 Å². The molecule has 1 saturated heterocycles. The Bertz CT molecular complexity index is 963. The number of carbonyl (C=O) groups excluding carboxylic acids is 2. The maximum atomic E-state index is 12.1. The van der Waals surface area contributed by atoms with E-state index in [1.165, 1.54) is 0 Å². The van der Waals surface area contributed by atoms with E-state index in [2.05, 4.69) is 36.7 Å². The molecular formula is C17H22N8O3. The summed E-state index contributed by atoms with van der Waals surface area (Å²) in [5, 5.41) is 27.7. The van der Waals surface area contributed by atoms with Crippen LogP contribution in [0.2, 0.25) is 0 Å². The average molecular weight is 386 g/mol. The van der Waals surface area contributed by atoms with E-state index in [1.807, 2.05) is 13.8 Å². The van der Waals surface area contributed by atoms with E-state index in [0.717, 1.165) is 12.8 Å². The molecule has 1 aliphatic carbocycles. The quantitative estimate of drug-likeness (QED) is 0.402. The van der Waals surface area contributed by atoms with Gasteiger partial charge >= 0.3 is 6.03 Å². The second-order valence-electron chi connectivity index (χ2n) is 7.11. The third-order valence-electron chi connectivity index (χ3n) is 4.19. The first-order chi connectivity index (χ1) is 13.4. The summed E-state index contributed by atoms with van der Waals surface area (Å²) in [6, 6.07) is 1.72. The van der Waals surface area contributed by atoms with Crippen molar-refractivity contribution in [3.63, 3.8) is 0 Å². The van der Waals surface area contributed by atoms with Crippen molar-refractivity contribution >= 4 is 35.3 Å². The van der Waals surface area contributed by atoms with Crippen LogP contribution in [0, 0.1) is 0 Å². The number of nitrogens with zero attached hydrogens (tertiary/aromatic N) is 3. The SMILES string of the molecule is CC(C)NC(=O)Nc1cc(NC2CC2)n2ncc(/C=C3\NC(O)NC3=O)c2n1. The minimum absolute atomic E-state index is 0.0126. The Balaban J connectivity index is 1.71. The lowest BCUT2D eigenvalue weighted by Gasteiger charge is -2.12. The summed E-state index contributed by atoms with van der Waals surface area (Å²) in [5.74, 6) is 0.632. The highest BCUT2D eigenvalue weighted by molar-refractivity contribution is 6.00. The van der Waals surface area contributed by atoms with Gasteiger partial charge in [-0.1, -0.05) is 0 Å². The molecule has 11 nitrogen and oxygen atoms in total. The molecule has 0 radical (unpaired) electrons. The van der Waals surface area contributed by atoms with E-state index < -0.39 is 12.3 Å². The zero-order valence-electron chi connectivity index (χ0n) is 15.5.